The van der Waals surface area contributed by atoms with E-state index in [2.05, 4.69) is 11.4 Å². The minimum Gasteiger partial charge on any atom is -0.493 e. The van der Waals surface area contributed by atoms with Crippen molar-refractivity contribution in [1.82, 2.24) is 5.32 Å². The molecule has 0 saturated heterocycles. The van der Waals surface area contributed by atoms with Gasteiger partial charge in [-0.15, -0.1) is 0 Å². The predicted molar refractivity (Wildman–Crippen MR) is 94.1 cm³/mol. The van der Waals surface area contributed by atoms with Gasteiger partial charge >= 0.3 is 6.03 Å². The van der Waals surface area contributed by atoms with Crippen LogP contribution in [0.4, 0.5) is 10.5 Å². The molecule has 1 heterocycles. The second-order valence-corrected chi connectivity index (χ2v) is 5.70. The Labute approximate surface area is 142 Å². The number of ether oxygens (including phenoxy) is 2. The molecular formula is C19H22N2O3. The maximum Gasteiger partial charge on any atom is 0.321 e. The normalized spacial score (nSPS) is 12.7. The van der Waals surface area contributed by atoms with E-state index in [0.717, 1.165) is 30.6 Å². The Bertz CT molecular complexity index is 730. The summed E-state index contributed by atoms with van der Waals surface area (Å²) in [5, 5.41) is 2.99. The Morgan fingerprint density at radius 1 is 1.12 bits per heavy atom. The number of amides is 2. The lowest BCUT2D eigenvalue weighted by Crippen LogP contribution is -2.39. The van der Waals surface area contributed by atoms with E-state index in [1.54, 1.807) is 14.2 Å². The molecule has 2 aromatic rings. The fourth-order valence-electron chi connectivity index (χ4n) is 2.99. The molecule has 0 radical (unpaired) electrons. The first kappa shape index (κ1) is 16.2. The van der Waals surface area contributed by atoms with Crippen LogP contribution in [0.1, 0.15) is 11.1 Å². The van der Waals surface area contributed by atoms with Crippen molar-refractivity contribution in [2.24, 2.45) is 0 Å². The smallest absolute Gasteiger partial charge is 0.321 e. The van der Waals surface area contributed by atoms with Crippen molar-refractivity contribution < 1.29 is 14.3 Å². The van der Waals surface area contributed by atoms with Crippen LogP contribution in [-0.2, 0) is 12.8 Å². The highest BCUT2D eigenvalue weighted by atomic mass is 16.5. The van der Waals surface area contributed by atoms with Crippen LogP contribution in [0.15, 0.2) is 42.5 Å². The Kier molecular flexibility index (Phi) is 4.89. The van der Waals surface area contributed by atoms with Gasteiger partial charge in [0.15, 0.2) is 11.5 Å². The summed E-state index contributed by atoms with van der Waals surface area (Å²) < 4.78 is 10.5. The van der Waals surface area contributed by atoms with Crippen LogP contribution < -0.4 is 19.7 Å². The number of methoxy groups -OCH3 is 2. The second-order valence-electron chi connectivity index (χ2n) is 5.70. The summed E-state index contributed by atoms with van der Waals surface area (Å²) >= 11 is 0. The summed E-state index contributed by atoms with van der Waals surface area (Å²) in [6, 6.07) is 13.8. The van der Waals surface area contributed by atoms with Crippen molar-refractivity contribution in [2.45, 2.75) is 12.8 Å². The molecule has 0 spiro atoms. The van der Waals surface area contributed by atoms with Gasteiger partial charge in [0, 0.05) is 18.8 Å². The zero-order chi connectivity index (χ0) is 16.9. The quantitative estimate of drug-likeness (QED) is 0.919. The van der Waals surface area contributed by atoms with Gasteiger partial charge in [-0.1, -0.05) is 24.3 Å². The van der Waals surface area contributed by atoms with E-state index in [0.29, 0.717) is 18.0 Å². The first-order valence-electron chi connectivity index (χ1n) is 8.07. The number of fused-ring (bicyclic) bond motifs is 1. The summed E-state index contributed by atoms with van der Waals surface area (Å²) in [7, 11) is 3.24. The van der Waals surface area contributed by atoms with E-state index in [-0.39, 0.29) is 6.03 Å². The van der Waals surface area contributed by atoms with Gasteiger partial charge in [0.05, 0.1) is 14.2 Å². The highest BCUT2D eigenvalue weighted by molar-refractivity contribution is 5.94. The van der Waals surface area contributed by atoms with E-state index in [1.807, 2.05) is 41.3 Å². The molecule has 1 N–H and O–H groups in total. The molecule has 3 rings (SSSR count). The van der Waals surface area contributed by atoms with Gasteiger partial charge in [-0.2, -0.15) is 0 Å². The maximum atomic E-state index is 12.4. The van der Waals surface area contributed by atoms with Crippen molar-refractivity contribution in [3.05, 3.63) is 53.6 Å². The summed E-state index contributed by atoms with van der Waals surface area (Å²) in [6.45, 7) is 1.31. The van der Waals surface area contributed by atoms with E-state index in [1.165, 1.54) is 5.56 Å². The minimum absolute atomic E-state index is 0.0413. The van der Waals surface area contributed by atoms with Gasteiger partial charge < -0.3 is 14.8 Å². The zero-order valence-electron chi connectivity index (χ0n) is 14.0. The average molecular weight is 326 g/mol. The SMILES string of the molecule is COc1ccc(CCNC(=O)N2CCc3ccccc32)cc1OC. The minimum atomic E-state index is -0.0413. The molecule has 0 aromatic heterocycles. The van der Waals surface area contributed by atoms with Crippen LogP contribution in [0.5, 0.6) is 11.5 Å². The predicted octanol–water partition coefficient (Wildman–Crippen LogP) is 3.02. The Hall–Kier alpha value is -2.69. The first-order chi connectivity index (χ1) is 11.7. The Balaban J connectivity index is 1.56. The number of anilines is 1. The van der Waals surface area contributed by atoms with Crippen molar-refractivity contribution in [3.8, 4) is 11.5 Å². The van der Waals surface area contributed by atoms with E-state index in [9.17, 15) is 4.79 Å². The standard InChI is InChI=1S/C19H22N2O3/c1-23-17-8-7-14(13-18(17)24-2)9-11-20-19(22)21-12-10-15-5-3-4-6-16(15)21/h3-8,13H,9-12H2,1-2H3,(H,20,22). The van der Waals surface area contributed by atoms with Gasteiger partial charge in [-0.05, 0) is 42.2 Å². The molecule has 0 aliphatic carbocycles. The highest BCUT2D eigenvalue weighted by Gasteiger charge is 2.23. The summed E-state index contributed by atoms with van der Waals surface area (Å²) in [5.41, 5.74) is 3.34. The van der Waals surface area contributed by atoms with E-state index in [4.69, 9.17) is 9.47 Å². The molecule has 1 aliphatic rings. The molecule has 24 heavy (non-hydrogen) atoms. The van der Waals surface area contributed by atoms with Gasteiger partial charge in [-0.3, -0.25) is 4.90 Å². The van der Waals surface area contributed by atoms with Crippen molar-refractivity contribution in [2.75, 3.05) is 32.2 Å². The van der Waals surface area contributed by atoms with Crippen molar-refractivity contribution in [1.29, 1.82) is 0 Å². The first-order valence-corrected chi connectivity index (χ1v) is 8.07. The van der Waals surface area contributed by atoms with Crippen LogP contribution in [-0.4, -0.2) is 33.3 Å². The number of carbonyl (C=O) groups excluding carboxylic acids is 1. The molecule has 2 amide bonds. The van der Waals surface area contributed by atoms with E-state index >= 15 is 0 Å². The van der Waals surface area contributed by atoms with Crippen LogP contribution in [0.3, 0.4) is 0 Å². The molecule has 0 atom stereocenters. The monoisotopic (exact) mass is 326 g/mol. The maximum absolute atomic E-state index is 12.4. The number of urea groups is 1. The molecule has 0 bridgehead atoms. The highest BCUT2D eigenvalue weighted by Crippen LogP contribution is 2.28. The largest absolute Gasteiger partial charge is 0.493 e. The van der Waals surface area contributed by atoms with Gasteiger partial charge in [0.2, 0.25) is 0 Å². The van der Waals surface area contributed by atoms with E-state index < -0.39 is 0 Å². The number of para-hydroxylation sites is 1. The Morgan fingerprint density at radius 2 is 1.92 bits per heavy atom. The summed E-state index contributed by atoms with van der Waals surface area (Å²) in [6.07, 6.45) is 1.65. The molecule has 0 unspecified atom stereocenters. The number of nitrogens with zero attached hydrogens (tertiary/aromatic N) is 1. The van der Waals surface area contributed by atoms with Gasteiger partial charge in [-0.25, -0.2) is 4.79 Å². The molecule has 126 valence electrons. The molecule has 0 saturated carbocycles. The molecule has 5 nitrogen and oxygen atoms in total. The molecule has 2 aromatic carbocycles. The van der Waals surface area contributed by atoms with Crippen LogP contribution in [0, 0.1) is 0 Å². The third-order valence-electron chi connectivity index (χ3n) is 4.27. The van der Waals surface area contributed by atoms with Crippen molar-refractivity contribution in [3.63, 3.8) is 0 Å². The lowest BCUT2D eigenvalue weighted by molar-refractivity contribution is 0.247. The fourth-order valence-corrected chi connectivity index (χ4v) is 2.99. The van der Waals surface area contributed by atoms with Gasteiger partial charge in [0.25, 0.3) is 0 Å². The van der Waals surface area contributed by atoms with Crippen LogP contribution in [0.2, 0.25) is 0 Å². The topological polar surface area (TPSA) is 50.8 Å². The number of hydrogen-bond acceptors (Lipinski definition) is 3. The third kappa shape index (κ3) is 3.30. The number of hydrogen-bond donors (Lipinski definition) is 1. The van der Waals surface area contributed by atoms with Crippen LogP contribution >= 0.6 is 0 Å². The zero-order valence-corrected chi connectivity index (χ0v) is 14.0. The third-order valence-corrected chi connectivity index (χ3v) is 4.27. The van der Waals surface area contributed by atoms with Crippen LogP contribution in [0.25, 0.3) is 0 Å². The van der Waals surface area contributed by atoms with Gasteiger partial charge in [0.1, 0.15) is 0 Å². The summed E-state index contributed by atoms with van der Waals surface area (Å²) in [5.74, 6) is 1.41. The number of carbonyl (C=O) groups is 1. The average Bonchev–Trinajstić information content (AvgIpc) is 3.05. The molecule has 5 heteroatoms. The number of benzene rings is 2. The van der Waals surface area contributed by atoms with Crippen molar-refractivity contribution >= 4 is 11.7 Å². The number of rotatable bonds is 5. The Morgan fingerprint density at radius 3 is 2.71 bits per heavy atom. The molecular weight excluding hydrogens is 304 g/mol. The summed E-state index contributed by atoms with van der Waals surface area (Å²) in [4.78, 5) is 14.2. The second kappa shape index (κ2) is 7.25. The molecule has 0 fully saturated rings. The lowest BCUT2D eigenvalue weighted by atomic mass is 10.1. The molecule has 1 aliphatic heterocycles. The lowest BCUT2D eigenvalue weighted by Gasteiger charge is -2.18. The number of nitrogens with one attached hydrogen (secondary N) is 1. The fraction of sp³-hybridized carbons (Fsp3) is 0.316.